The summed E-state index contributed by atoms with van der Waals surface area (Å²) in [5, 5.41) is 13.8. The molecule has 1 heterocycles. The zero-order chi connectivity index (χ0) is 13.8. The van der Waals surface area contributed by atoms with Crippen LogP contribution in [0.25, 0.3) is 0 Å². The van der Waals surface area contributed by atoms with Crippen molar-refractivity contribution in [3.63, 3.8) is 0 Å². The van der Waals surface area contributed by atoms with E-state index in [0.717, 1.165) is 42.6 Å². The number of hydrogen-bond acceptors (Lipinski definition) is 4. The van der Waals surface area contributed by atoms with Gasteiger partial charge in [0.15, 0.2) is 11.5 Å². The van der Waals surface area contributed by atoms with Crippen LogP contribution < -0.4 is 10.1 Å². The van der Waals surface area contributed by atoms with Crippen molar-refractivity contribution in [1.29, 1.82) is 0 Å². The lowest BCUT2D eigenvalue weighted by molar-refractivity contribution is 0.165. The summed E-state index contributed by atoms with van der Waals surface area (Å²) in [5.74, 6) is 0.786. The maximum Gasteiger partial charge on any atom is 0.163 e. The molecule has 2 N–H and O–H groups in total. The molecule has 1 fully saturated rings. The van der Waals surface area contributed by atoms with Crippen molar-refractivity contribution in [2.45, 2.75) is 19.4 Å². The number of piperazine rings is 1. The van der Waals surface area contributed by atoms with E-state index in [1.807, 2.05) is 6.07 Å². The van der Waals surface area contributed by atoms with Gasteiger partial charge in [-0.1, -0.05) is 22.9 Å². The first kappa shape index (κ1) is 14.6. The lowest BCUT2D eigenvalue weighted by Gasteiger charge is -2.35. The molecule has 0 spiro atoms. The Labute approximate surface area is 122 Å². The molecule has 0 aliphatic carbocycles. The van der Waals surface area contributed by atoms with Crippen LogP contribution in [-0.2, 0) is 0 Å². The maximum absolute atomic E-state index is 10.4. The number of hydrogen-bond donors (Lipinski definition) is 2. The Hall–Kier alpha value is -0.780. The Kier molecular flexibility index (Phi) is 5.07. The highest BCUT2D eigenvalue weighted by molar-refractivity contribution is 9.10. The fourth-order valence-corrected chi connectivity index (χ4v) is 3.27. The number of aromatic hydroxyl groups is 1. The van der Waals surface area contributed by atoms with Crippen LogP contribution in [0.3, 0.4) is 0 Å². The lowest BCUT2D eigenvalue weighted by atomic mass is 10.0. The number of nitrogens with zero attached hydrogens (tertiary/aromatic N) is 1. The fraction of sp³-hybridized carbons (Fsp3) is 0.571. The molecule has 0 unspecified atom stereocenters. The van der Waals surface area contributed by atoms with Gasteiger partial charge in [0.05, 0.1) is 7.11 Å². The minimum atomic E-state index is 0.214. The van der Waals surface area contributed by atoms with E-state index in [4.69, 9.17) is 4.74 Å². The maximum atomic E-state index is 10.4. The van der Waals surface area contributed by atoms with Gasteiger partial charge in [-0.3, -0.25) is 4.90 Å². The lowest BCUT2D eigenvalue weighted by Crippen LogP contribution is -2.45. The summed E-state index contributed by atoms with van der Waals surface area (Å²) < 4.78 is 6.16. The molecule has 1 saturated heterocycles. The molecule has 0 amide bonds. The highest BCUT2D eigenvalue weighted by Gasteiger charge is 2.26. The first-order valence-corrected chi connectivity index (χ1v) is 7.48. The van der Waals surface area contributed by atoms with Crippen LogP contribution in [0.1, 0.15) is 24.9 Å². The molecule has 0 saturated carbocycles. The normalized spacial score (nSPS) is 18.3. The Bertz CT molecular complexity index is 434. The third-order valence-electron chi connectivity index (χ3n) is 3.66. The van der Waals surface area contributed by atoms with Gasteiger partial charge in [0.1, 0.15) is 0 Å². The summed E-state index contributed by atoms with van der Waals surface area (Å²) in [7, 11) is 1.58. The van der Waals surface area contributed by atoms with E-state index >= 15 is 0 Å². The summed E-state index contributed by atoms with van der Waals surface area (Å²) in [6.45, 7) is 6.15. The van der Waals surface area contributed by atoms with Crippen LogP contribution in [0.5, 0.6) is 11.5 Å². The smallest absolute Gasteiger partial charge is 0.163 e. The molecule has 106 valence electrons. The zero-order valence-electron chi connectivity index (χ0n) is 11.4. The number of benzene rings is 1. The average Bonchev–Trinajstić information content (AvgIpc) is 2.44. The van der Waals surface area contributed by atoms with E-state index in [1.165, 1.54) is 0 Å². The molecule has 2 rings (SSSR count). The molecule has 4 nitrogen and oxygen atoms in total. The van der Waals surface area contributed by atoms with Crippen molar-refractivity contribution in [1.82, 2.24) is 10.2 Å². The van der Waals surface area contributed by atoms with Crippen LogP contribution in [0.15, 0.2) is 16.6 Å². The van der Waals surface area contributed by atoms with E-state index in [9.17, 15) is 5.11 Å². The van der Waals surface area contributed by atoms with Crippen molar-refractivity contribution in [3.05, 3.63) is 22.2 Å². The number of ether oxygens (including phenoxy) is 1. The summed E-state index contributed by atoms with van der Waals surface area (Å²) in [6, 6.07) is 3.94. The summed E-state index contributed by atoms with van der Waals surface area (Å²) in [5.41, 5.74) is 0.934. The third kappa shape index (κ3) is 3.04. The van der Waals surface area contributed by atoms with Crippen molar-refractivity contribution < 1.29 is 9.84 Å². The van der Waals surface area contributed by atoms with E-state index in [0.29, 0.717) is 5.75 Å². The molecule has 1 aliphatic rings. The van der Waals surface area contributed by atoms with Gasteiger partial charge < -0.3 is 15.2 Å². The van der Waals surface area contributed by atoms with Crippen molar-refractivity contribution >= 4 is 15.9 Å². The van der Waals surface area contributed by atoms with E-state index in [2.05, 4.69) is 33.1 Å². The van der Waals surface area contributed by atoms with Crippen molar-refractivity contribution in [2.24, 2.45) is 0 Å². The van der Waals surface area contributed by atoms with Gasteiger partial charge in [-0.25, -0.2) is 0 Å². The highest BCUT2D eigenvalue weighted by Crippen LogP contribution is 2.42. The quantitative estimate of drug-likeness (QED) is 0.891. The van der Waals surface area contributed by atoms with Gasteiger partial charge in [-0.05, 0) is 18.6 Å². The third-order valence-corrected chi connectivity index (χ3v) is 4.35. The molecule has 0 radical (unpaired) electrons. The minimum absolute atomic E-state index is 0.214. The molecule has 0 aromatic heterocycles. The number of phenols is 1. The Balaban J connectivity index is 2.36. The average molecular weight is 329 g/mol. The van der Waals surface area contributed by atoms with Gasteiger partial charge in [-0.15, -0.1) is 0 Å². The van der Waals surface area contributed by atoms with E-state index in [-0.39, 0.29) is 11.8 Å². The van der Waals surface area contributed by atoms with Crippen molar-refractivity contribution in [3.8, 4) is 11.5 Å². The second-order valence-corrected chi connectivity index (χ2v) is 5.58. The fourth-order valence-electron chi connectivity index (χ4n) is 2.68. The Morgan fingerprint density at radius 1 is 1.42 bits per heavy atom. The SMILES string of the molecule is CC[C@@H](c1c(Br)ccc(OC)c1O)N1CCNCC1. The minimum Gasteiger partial charge on any atom is -0.504 e. The van der Waals surface area contributed by atoms with Crippen molar-refractivity contribution in [2.75, 3.05) is 33.3 Å². The monoisotopic (exact) mass is 328 g/mol. The van der Waals surface area contributed by atoms with E-state index in [1.54, 1.807) is 13.2 Å². The van der Waals surface area contributed by atoms with Crippen LogP contribution in [0, 0.1) is 0 Å². The number of rotatable bonds is 4. The summed E-state index contributed by atoms with van der Waals surface area (Å²) >= 11 is 3.56. The summed E-state index contributed by atoms with van der Waals surface area (Å²) in [4.78, 5) is 2.41. The van der Waals surface area contributed by atoms with Crippen LogP contribution in [-0.4, -0.2) is 43.3 Å². The molecule has 0 bridgehead atoms. The van der Waals surface area contributed by atoms with Gasteiger partial charge in [-0.2, -0.15) is 0 Å². The van der Waals surface area contributed by atoms with Crippen LogP contribution in [0.2, 0.25) is 0 Å². The molecule has 1 aromatic carbocycles. The molecule has 5 heteroatoms. The first-order chi connectivity index (χ1) is 9.19. The second kappa shape index (κ2) is 6.59. The largest absolute Gasteiger partial charge is 0.504 e. The Morgan fingerprint density at radius 2 is 2.11 bits per heavy atom. The molecule has 1 aliphatic heterocycles. The van der Waals surface area contributed by atoms with Gasteiger partial charge in [0, 0.05) is 42.3 Å². The van der Waals surface area contributed by atoms with Gasteiger partial charge in [0.2, 0.25) is 0 Å². The molecule has 1 aromatic rings. The van der Waals surface area contributed by atoms with Crippen LogP contribution >= 0.6 is 15.9 Å². The number of halogens is 1. The van der Waals surface area contributed by atoms with E-state index < -0.39 is 0 Å². The molecular formula is C14H21BrN2O2. The number of methoxy groups -OCH3 is 1. The predicted molar refractivity (Wildman–Crippen MR) is 79.8 cm³/mol. The number of nitrogens with one attached hydrogen (secondary N) is 1. The van der Waals surface area contributed by atoms with Gasteiger partial charge in [0.25, 0.3) is 0 Å². The topological polar surface area (TPSA) is 44.7 Å². The Morgan fingerprint density at radius 3 is 2.68 bits per heavy atom. The van der Waals surface area contributed by atoms with Gasteiger partial charge >= 0.3 is 0 Å². The molecular weight excluding hydrogens is 308 g/mol. The van der Waals surface area contributed by atoms with Crippen LogP contribution in [0.4, 0.5) is 0 Å². The first-order valence-electron chi connectivity index (χ1n) is 6.69. The predicted octanol–water partition coefficient (Wildman–Crippen LogP) is 2.52. The zero-order valence-corrected chi connectivity index (χ0v) is 13.0. The second-order valence-electron chi connectivity index (χ2n) is 4.72. The molecule has 19 heavy (non-hydrogen) atoms. The summed E-state index contributed by atoms with van der Waals surface area (Å²) in [6.07, 6.45) is 0.958. The standard InChI is InChI=1S/C14H21BrN2O2/c1-3-11(17-8-6-16-7-9-17)13-10(15)4-5-12(19-2)14(13)18/h4-5,11,16,18H,3,6-9H2,1-2H3/t11-/m0/s1. The molecule has 1 atom stereocenters. The highest BCUT2D eigenvalue weighted by atomic mass is 79.9. The number of phenolic OH excluding ortho intramolecular Hbond substituents is 1.